The maximum Gasteiger partial charge on any atom is 0.323 e. The first kappa shape index (κ1) is 26.3. The lowest BCUT2D eigenvalue weighted by Crippen LogP contribution is -2.20. The molecule has 3 aromatic carbocycles. The quantitative estimate of drug-likeness (QED) is 0.317. The van der Waals surface area contributed by atoms with Crippen molar-refractivity contribution in [2.45, 2.75) is 0 Å². The Kier molecular flexibility index (Phi) is 8.01. The van der Waals surface area contributed by atoms with Crippen LogP contribution in [0.4, 0.5) is 32.3 Å². The summed E-state index contributed by atoms with van der Waals surface area (Å²) in [5.41, 5.74) is 1.48. The van der Waals surface area contributed by atoms with Crippen molar-refractivity contribution in [1.82, 2.24) is 0 Å². The highest BCUT2D eigenvalue weighted by molar-refractivity contribution is 7.86. The third-order valence-corrected chi connectivity index (χ3v) is 5.07. The number of carbonyl (C=O) groups excluding carboxylic acids is 2. The molecule has 0 heterocycles. The normalized spacial score (nSPS) is 11.2. The molecule has 36 heavy (non-hydrogen) atoms. The highest BCUT2D eigenvalue weighted by Crippen LogP contribution is 2.21. The van der Waals surface area contributed by atoms with E-state index in [2.05, 4.69) is 21.3 Å². The Labute approximate surface area is 207 Å². The highest BCUT2D eigenvalue weighted by atomic mass is 32.2. The molecule has 0 bridgehead atoms. The molecule has 190 valence electrons. The van der Waals surface area contributed by atoms with Crippen LogP contribution >= 0.6 is 0 Å². The first-order valence-electron chi connectivity index (χ1n) is 10.1. The molecule has 0 fully saturated rings. The zero-order chi connectivity index (χ0) is 26.3. The van der Waals surface area contributed by atoms with Gasteiger partial charge >= 0.3 is 32.3 Å². The lowest BCUT2D eigenvalue weighted by molar-refractivity contribution is 0.261. The fourth-order valence-electron chi connectivity index (χ4n) is 2.82. The van der Waals surface area contributed by atoms with Gasteiger partial charge in [0.15, 0.2) is 0 Å². The van der Waals surface area contributed by atoms with Gasteiger partial charge in [-0.2, -0.15) is 16.8 Å². The van der Waals surface area contributed by atoms with Crippen molar-refractivity contribution in [2.24, 2.45) is 0 Å². The minimum Gasteiger partial charge on any atom is -0.383 e. The van der Waals surface area contributed by atoms with Crippen LogP contribution in [0.2, 0.25) is 0 Å². The maximum absolute atomic E-state index is 12.2. The number of amides is 4. The van der Waals surface area contributed by atoms with Crippen molar-refractivity contribution < 1.29 is 34.8 Å². The molecule has 4 N–H and O–H groups in total. The van der Waals surface area contributed by atoms with Crippen LogP contribution in [-0.4, -0.2) is 41.4 Å². The molecular weight excluding hydrogens is 512 g/mol. The topological polar surface area (TPSA) is 169 Å². The van der Waals surface area contributed by atoms with Gasteiger partial charge in [0.2, 0.25) is 0 Å². The van der Waals surface area contributed by atoms with Gasteiger partial charge in [-0.3, -0.25) is 0 Å². The van der Waals surface area contributed by atoms with Crippen LogP contribution in [0.5, 0.6) is 11.5 Å². The largest absolute Gasteiger partial charge is 0.383 e. The van der Waals surface area contributed by atoms with Crippen molar-refractivity contribution >= 4 is 55.0 Å². The SMILES string of the molecule is CS(=O)(=O)Oc1cccc(NC(=O)Nc2ccc(NC(=O)Nc3cccc(OS(C)(=O)=O)c3)cc2)c1. The predicted octanol–water partition coefficient (Wildman–Crippen LogP) is 3.65. The van der Waals surface area contributed by atoms with E-state index in [1.807, 2.05) is 0 Å². The van der Waals surface area contributed by atoms with Crippen molar-refractivity contribution in [3.63, 3.8) is 0 Å². The van der Waals surface area contributed by atoms with Gasteiger partial charge in [-0.1, -0.05) is 12.1 Å². The number of nitrogens with one attached hydrogen (secondary N) is 4. The van der Waals surface area contributed by atoms with Crippen molar-refractivity contribution in [2.75, 3.05) is 33.8 Å². The minimum absolute atomic E-state index is 0.0543. The molecule has 14 heteroatoms. The summed E-state index contributed by atoms with van der Waals surface area (Å²) in [5.74, 6) is 0.109. The Morgan fingerprint density at radius 2 is 0.889 bits per heavy atom. The second-order valence-electron chi connectivity index (χ2n) is 7.37. The Balaban J connectivity index is 1.53. The molecule has 3 rings (SSSR count). The summed E-state index contributed by atoms with van der Waals surface area (Å²) in [6, 6.07) is 16.8. The van der Waals surface area contributed by atoms with E-state index in [9.17, 15) is 26.4 Å². The highest BCUT2D eigenvalue weighted by Gasteiger charge is 2.09. The van der Waals surface area contributed by atoms with Crippen LogP contribution in [0.1, 0.15) is 0 Å². The van der Waals surface area contributed by atoms with Crippen molar-refractivity contribution in [1.29, 1.82) is 0 Å². The third kappa shape index (κ3) is 9.15. The second-order valence-corrected chi connectivity index (χ2v) is 10.5. The lowest BCUT2D eigenvalue weighted by Gasteiger charge is -2.11. The number of benzene rings is 3. The van der Waals surface area contributed by atoms with E-state index in [-0.39, 0.29) is 11.5 Å². The number of anilines is 4. The first-order valence-corrected chi connectivity index (χ1v) is 13.7. The number of carbonyl (C=O) groups is 2. The summed E-state index contributed by atoms with van der Waals surface area (Å²) >= 11 is 0. The minimum atomic E-state index is -3.70. The molecular formula is C22H22N4O8S2. The Hall–Kier alpha value is -4.30. The monoisotopic (exact) mass is 534 g/mol. The van der Waals surface area contributed by atoms with E-state index >= 15 is 0 Å². The second kappa shape index (κ2) is 11.0. The van der Waals surface area contributed by atoms with E-state index in [1.54, 1.807) is 36.4 Å². The summed E-state index contributed by atoms with van der Waals surface area (Å²) in [6.07, 6.45) is 1.83. The fraction of sp³-hybridized carbons (Fsp3) is 0.0909. The number of rotatable bonds is 8. The van der Waals surface area contributed by atoms with Crippen LogP contribution in [0, 0.1) is 0 Å². The van der Waals surface area contributed by atoms with Crippen LogP contribution in [-0.2, 0) is 20.2 Å². The van der Waals surface area contributed by atoms with Crippen LogP contribution < -0.4 is 29.6 Å². The molecule has 0 aliphatic heterocycles. The van der Waals surface area contributed by atoms with Gasteiger partial charge in [-0.05, 0) is 48.5 Å². The van der Waals surface area contributed by atoms with E-state index in [0.717, 1.165) is 12.5 Å². The summed E-state index contributed by atoms with van der Waals surface area (Å²) in [5, 5.41) is 10.3. The molecule has 12 nitrogen and oxygen atoms in total. The maximum atomic E-state index is 12.2. The van der Waals surface area contributed by atoms with Gasteiger partial charge in [0.25, 0.3) is 0 Å². The van der Waals surface area contributed by atoms with Crippen molar-refractivity contribution in [3.8, 4) is 11.5 Å². The number of urea groups is 2. The van der Waals surface area contributed by atoms with Crippen molar-refractivity contribution in [3.05, 3.63) is 72.8 Å². The van der Waals surface area contributed by atoms with Gasteiger partial charge in [0.05, 0.1) is 12.5 Å². The Morgan fingerprint density at radius 1 is 0.556 bits per heavy atom. The van der Waals surface area contributed by atoms with E-state index in [0.29, 0.717) is 22.7 Å². The van der Waals surface area contributed by atoms with Crippen LogP contribution in [0.15, 0.2) is 72.8 Å². The van der Waals surface area contributed by atoms with E-state index < -0.39 is 32.3 Å². The molecule has 0 spiro atoms. The molecule has 0 atom stereocenters. The van der Waals surface area contributed by atoms with E-state index in [1.165, 1.54) is 36.4 Å². The average molecular weight is 535 g/mol. The van der Waals surface area contributed by atoms with Crippen LogP contribution in [0.25, 0.3) is 0 Å². The zero-order valence-corrected chi connectivity index (χ0v) is 20.6. The third-order valence-electron chi connectivity index (χ3n) is 4.08. The van der Waals surface area contributed by atoms with Crippen LogP contribution in [0.3, 0.4) is 0 Å². The average Bonchev–Trinajstić information content (AvgIpc) is 2.73. The van der Waals surface area contributed by atoms with Gasteiger partial charge in [-0.15, -0.1) is 0 Å². The van der Waals surface area contributed by atoms with Gasteiger partial charge in [0.1, 0.15) is 11.5 Å². The standard InChI is InChI=1S/C22H22N4O8S2/c1-35(29,30)33-19-7-3-5-17(13-19)25-21(27)23-15-9-11-16(12-10-15)24-22(28)26-18-6-4-8-20(14-18)34-36(2,31)32/h3-14H,1-2H3,(H2,23,25,27)(H2,24,26,28). The fourth-order valence-corrected chi connectivity index (χ4v) is 3.73. The number of hydrogen-bond acceptors (Lipinski definition) is 8. The summed E-state index contributed by atoms with van der Waals surface area (Å²) in [7, 11) is -7.40. The van der Waals surface area contributed by atoms with Gasteiger partial charge in [0, 0.05) is 34.9 Å². The van der Waals surface area contributed by atoms with Gasteiger partial charge in [-0.25, -0.2) is 9.59 Å². The Bertz CT molecular complexity index is 1360. The van der Waals surface area contributed by atoms with Gasteiger partial charge < -0.3 is 29.6 Å². The summed E-state index contributed by atoms with van der Waals surface area (Å²) < 4.78 is 54.5. The van der Waals surface area contributed by atoms with E-state index in [4.69, 9.17) is 8.37 Å². The molecule has 0 aliphatic carbocycles. The smallest absolute Gasteiger partial charge is 0.323 e. The Morgan fingerprint density at radius 3 is 1.22 bits per heavy atom. The number of hydrogen-bond donors (Lipinski definition) is 4. The lowest BCUT2D eigenvalue weighted by atomic mass is 10.2. The molecule has 0 unspecified atom stereocenters. The zero-order valence-electron chi connectivity index (χ0n) is 19.0. The molecule has 4 amide bonds. The molecule has 3 aromatic rings. The molecule has 0 saturated heterocycles. The summed E-state index contributed by atoms with van der Waals surface area (Å²) in [6.45, 7) is 0. The molecule has 0 aliphatic rings. The molecule has 0 saturated carbocycles. The predicted molar refractivity (Wildman–Crippen MR) is 136 cm³/mol. The molecule has 0 aromatic heterocycles. The molecule has 0 radical (unpaired) electrons. The summed E-state index contributed by atoms with van der Waals surface area (Å²) in [4.78, 5) is 24.5. The first-order chi connectivity index (χ1) is 16.8.